The van der Waals surface area contributed by atoms with Crippen LogP contribution in [0.3, 0.4) is 0 Å². The van der Waals surface area contributed by atoms with E-state index in [4.69, 9.17) is 0 Å². The molecule has 0 saturated carbocycles. The Hall–Kier alpha value is -2.24. The van der Waals surface area contributed by atoms with E-state index >= 15 is 0 Å². The van der Waals surface area contributed by atoms with Gasteiger partial charge < -0.3 is 5.32 Å². The van der Waals surface area contributed by atoms with Gasteiger partial charge in [0.05, 0.1) is 0 Å². The molecule has 2 aromatic heterocycles. The van der Waals surface area contributed by atoms with Crippen molar-refractivity contribution in [3.63, 3.8) is 0 Å². The average molecular weight is 203 g/mol. The first-order chi connectivity index (χ1) is 7.25. The molecule has 0 fully saturated rings. The summed E-state index contributed by atoms with van der Waals surface area (Å²) in [4.78, 5) is 18.8. The van der Waals surface area contributed by atoms with Crippen molar-refractivity contribution in [2.75, 3.05) is 5.32 Å². The van der Waals surface area contributed by atoms with Crippen molar-refractivity contribution in [2.24, 2.45) is 0 Å². The van der Waals surface area contributed by atoms with Gasteiger partial charge in [-0.1, -0.05) is 0 Å². The summed E-state index contributed by atoms with van der Waals surface area (Å²) in [5.41, 5.74) is 0.825. The quantitative estimate of drug-likeness (QED) is 0.757. The van der Waals surface area contributed by atoms with Gasteiger partial charge in [0, 0.05) is 18.7 Å². The molecular weight excluding hydrogens is 194 g/mol. The third kappa shape index (κ3) is 2.16. The zero-order valence-corrected chi connectivity index (χ0v) is 8.06. The van der Waals surface area contributed by atoms with E-state index in [2.05, 4.69) is 25.5 Å². The topological polar surface area (TPSA) is 83.6 Å². The molecule has 0 radical (unpaired) electrons. The molecule has 0 aliphatic carbocycles. The van der Waals surface area contributed by atoms with E-state index < -0.39 is 0 Å². The van der Waals surface area contributed by atoms with Crippen molar-refractivity contribution < 1.29 is 4.79 Å². The number of aromatic amines is 1. The standard InChI is InChI=1S/C9H9N5O/c1-6(15)13-8-4-7(2-3-10-8)9-11-5-12-14-9/h2-5H,1H3,(H,10,13,15)(H,11,12,14). The van der Waals surface area contributed by atoms with E-state index in [0.717, 1.165) is 5.56 Å². The molecule has 0 aliphatic heterocycles. The van der Waals surface area contributed by atoms with Gasteiger partial charge in [-0.05, 0) is 12.1 Å². The van der Waals surface area contributed by atoms with E-state index in [9.17, 15) is 4.79 Å². The number of amides is 1. The van der Waals surface area contributed by atoms with Gasteiger partial charge in [-0.25, -0.2) is 9.97 Å². The fourth-order valence-electron chi connectivity index (χ4n) is 1.17. The Labute approximate surface area is 85.8 Å². The highest BCUT2D eigenvalue weighted by Gasteiger charge is 2.03. The first kappa shape index (κ1) is 9.32. The van der Waals surface area contributed by atoms with Crippen LogP contribution >= 0.6 is 0 Å². The number of anilines is 1. The third-order valence-electron chi connectivity index (χ3n) is 1.75. The molecule has 0 atom stereocenters. The molecule has 6 heteroatoms. The number of rotatable bonds is 2. The van der Waals surface area contributed by atoms with Gasteiger partial charge in [-0.3, -0.25) is 9.89 Å². The van der Waals surface area contributed by atoms with E-state index in [-0.39, 0.29) is 5.91 Å². The van der Waals surface area contributed by atoms with E-state index in [1.807, 2.05) is 0 Å². The van der Waals surface area contributed by atoms with Gasteiger partial charge in [0.25, 0.3) is 0 Å². The minimum absolute atomic E-state index is 0.155. The number of nitrogens with zero attached hydrogens (tertiary/aromatic N) is 3. The molecule has 0 aliphatic rings. The monoisotopic (exact) mass is 203 g/mol. The molecular formula is C9H9N5O. The summed E-state index contributed by atoms with van der Waals surface area (Å²) >= 11 is 0. The van der Waals surface area contributed by atoms with Gasteiger partial charge >= 0.3 is 0 Å². The van der Waals surface area contributed by atoms with Crippen molar-refractivity contribution in [2.45, 2.75) is 6.92 Å². The minimum atomic E-state index is -0.155. The Kier molecular flexibility index (Phi) is 2.40. The summed E-state index contributed by atoms with van der Waals surface area (Å²) in [6, 6.07) is 3.51. The Bertz CT molecular complexity index is 465. The van der Waals surface area contributed by atoms with Crippen LogP contribution in [0.5, 0.6) is 0 Å². The lowest BCUT2D eigenvalue weighted by molar-refractivity contribution is -0.114. The fraction of sp³-hybridized carbons (Fsp3) is 0.111. The molecule has 15 heavy (non-hydrogen) atoms. The molecule has 6 nitrogen and oxygen atoms in total. The number of H-pyrrole nitrogens is 1. The summed E-state index contributed by atoms with van der Waals surface area (Å²) in [7, 11) is 0. The highest BCUT2D eigenvalue weighted by molar-refractivity contribution is 5.88. The maximum Gasteiger partial charge on any atom is 0.222 e. The summed E-state index contributed by atoms with van der Waals surface area (Å²) < 4.78 is 0. The van der Waals surface area contributed by atoms with Crippen LogP contribution in [0.4, 0.5) is 5.82 Å². The van der Waals surface area contributed by atoms with Crippen LogP contribution in [0.25, 0.3) is 11.4 Å². The minimum Gasteiger partial charge on any atom is -0.311 e. The van der Waals surface area contributed by atoms with E-state index in [0.29, 0.717) is 11.6 Å². The zero-order valence-electron chi connectivity index (χ0n) is 8.06. The maximum absolute atomic E-state index is 10.8. The van der Waals surface area contributed by atoms with Crippen molar-refractivity contribution in [1.82, 2.24) is 20.2 Å². The number of hydrogen-bond donors (Lipinski definition) is 2. The van der Waals surface area contributed by atoms with E-state index in [1.54, 1.807) is 18.3 Å². The first-order valence-corrected chi connectivity index (χ1v) is 4.35. The van der Waals surface area contributed by atoms with Crippen molar-refractivity contribution in [3.05, 3.63) is 24.7 Å². The van der Waals surface area contributed by atoms with Crippen molar-refractivity contribution in [1.29, 1.82) is 0 Å². The number of carbonyl (C=O) groups excluding carboxylic acids is 1. The Morgan fingerprint density at radius 3 is 3.00 bits per heavy atom. The van der Waals surface area contributed by atoms with Crippen LogP contribution in [0.1, 0.15) is 6.92 Å². The predicted molar refractivity (Wildman–Crippen MR) is 53.9 cm³/mol. The summed E-state index contributed by atoms with van der Waals surface area (Å²) in [6.45, 7) is 1.43. The van der Waals surface area contributed by atoms with Gasteiger partial charge in [0.2, 0.25) is 5.91 Å². The molecule has 0 saturated heterocycles. The second-order valence-corrected chi connectivity index (χ2v) is 2.95. The van der Waals surface area contributed by atoms with Crippen LogP contribution in [-0.4, -0.2) is 26.1 Å². The SMILES string of the molecule is CC(=O)Nc1cc(-c2ncn[nH]2)ccn1. The number of carbonyl (C=O) groups is 1. The number of nitrogens with one attached hydrogen (secondary N) is 2. The van der Waals surface area contributed by atoms with Crippen LogP contribution in [0.15, 0.2) is 24.7 Å². The summed E-state index contributed by atoms with van der Waals surface area (Å²) in [6.07, 6.45) is 3.02. The highest BCUT2D eigenvalue weighted by atomic mass is 16.1. The van der Waals surface area contributed by atoms with Gasteiger partial charge in [0.1, 0.15) is 12.1 Å². The molecule has 76 valence electrons. The van der Waals surface area contributed by atoms with Gasteiger partial charge in [-0.15, -0.1) is 0 Å². The van der Waals surface area contributed by atoms with Crippen LogP contribution < -0.4 is 5.32 Å². The van der Waals surface area contributed by atoms with Crippen LogP contribution in [0.2, 0.25) is 0 Å². The summed E-state index contributed by atoms with van der Waals surface area (Å²) in [5.74, 6) is 0.984. The third-order valence-corrected chi connectivity index (χ3v) is 1.75. The fourth-order valence-corrected chi connectivity index (χ4v) is 1.17. The Balaban J connectivity index is 2.31. The normalized spacial score (nSPS) is 9.93. The first-order valence-electron chi connectivity index (χ1n) is 4.35. The molecule has 0 aromatic carbocycles. The largest absolute Gasteiger partial charge is 0.311 e. The van der Waals surface area contributed by atoms with Gasteiger partial charge in [0.15, 0.2) is 5.82 Å². The molecule has 2 N–H and O–H groups in total. The predicted octanol–water partition coefficient (Wildman–Crippen LogP) is 0.825. The molecule has 2 aromatic rings. The van der Waals surface area contributed by atoms with Crippen molar-refractivity contribution in [3.8, 4) is 11.4 Å². The lowest BCUT2D eigenvalue weighted by Gasteiger charge is -2.01. The zero-order chi connectivity index (χ0) is 10.7. The Morgan fingerprint density at radius 1 is 1.47 bits per heavy atom. The molecule has 2 heterocycles. The molecule has 2 rings (SSSR count). The van der Waals surface area contributed by atoms with Crippen molar-refractivity contribution >= 4 is 11.7 Å². The van der Waals surface area contributed by atoms with Gasteiger partial charge in [-0.2, -0.15) is 5.10 Å². The van der Waals surface area contributed by atoms with Crippen LogP contribution in [0, 0.1) is 0 Å². The lowest BCUT2D eigenvalue weighted by atomic mass is 10.2. The lowest BCUT2D eigenvalue weighted by Crippen LogP contribution is -2.07. The molecule has 0 unspecified atom stereocenters. The molecule has 0 spiro atoms. The number of hydrogen-bond acceptors (Lipinski definition) is 4. The second kappa shape index (κ2) is 3.87. The second-order valence-electron chi connectivity index (χ2n) is 2.95. The van der Waals surface area contributed by atoms with E-state index in [1.165, 1.54) is 13.3 Å². The number of pyridine rings is 1. The number of aromatic nitrogens is 4. The molecule has 0 bridgehead atoms. The average Bonchev–Trinajstić information content (AvgIpc) is 2.69. The molecule has 1 amide bonds. The maximum atomic E-state index is 10.8. The highest BCUT2D eigenvalue weighted by Crippen LogP contribution is 2.15. The smallest absolute Gasteiger partial charge is 0.222 e. The Morgan fingerprint density at radius 2 is 2.33 bits per heavy atom. The summed E-state index contributed by atoms with van der Waals surface area (Å²) in [5, 5.41) is 9.07. The van der Waals surface area contributed by atoms with Crippen LogP contribution in [-0.2, 0) is 4.79 Å².